The highest BCUT2D eigenvalue weighted by atomic mass is 16.6. The minimum Gasteiger partial charge on any atom is -0.462 e. The number of ether oxygens (including phenoxy) is 2. The average molecular weight is 727 g/mol. The Labute approximate surface area is 321 Å². The number of aliphatic hydroxyl groups is 1. The van der Waals surface area contributed by atoms with Crippen molar-refractivity contribution < 1.29 is 24.2 Å². The molecule has 0 aliphatic rings. The molecule has 0 saturated carbocycles. The van der Waals surface area contributed by atoms with E-state index in [1.54, 1.807) is 0 Å². The van der Waals surface area contributed by atoms with Crippen molar-refractivity contribution in [2.24, 2.45) is 0 Å². The maximum Gasteiger partial charge on any atom is 0.306 e. The van der Waals surface area contributed by atoms with Gasteiger partial charge in [-0.25, -0.2) is 0 Å². The van der Waals surface area contributed by atoms with Crippen LogP contribution in [-0.4, -0.2) is 36.4 Å². The molecule has 0 rings (SSSR count). The average Bonchev–Trinajstić information content (AvgIpc) is 3.15. The van der Waals surface area contributed by atoms with Gasteiger partial charge in [0.05, 0.1) is 6.61 Å². The standard InChI is InChI=1S/C47H82O5/c1-3-5-7-9-11-13-15-17-19-20-21-22-23-24-25-26-28-30-32-34-36-38-40-42-47(50)52-45(43-48)44-51-46(49)41-39-37-35-33-31-29-27-18-16-14-12-10-8-6-4-2/h6,8,12,14,18,26-28,34,36,45,48H,3-5,7,9-11,13,15-17,19-25,29-33,35,37-44H2,1-2H3/b8-6+,14-12+,27-18+,28-26+,36-34+/t45-/m0/s1. The van der Waals surface area contributed by atoms with E-state index >= 15 is 0 Å². The molecular weight excluding hydrogens is 645 g/mol. The van der Waals surface area contributed by atoms with Crippen molar-refractivity contribution in [3.63, 3.8) is 0 Å². The van der Waals surface area contributed by atoms with Crippen LogP contribution in [0.1, 0.15) is 206 Å². The summed E-state index contributed by atoms with van der Waals surface area (Å²) in [4.78, 5) is 24.3. The molecule has 1 N–H and O–H groups in total. The first-order valence-electron chi connectivity index (χ1n) is 21.8. The predicted octanol–water partition coefficient (Wildman–Crippen LogP) is 14.0. The lowest BCUT2D eigenvalue weighted by molar-refractivity contribution is -0.161. The van der Waals surface area contributed by atoms with E-state index in [-0.39, 0.29) is 31.6 Å². The fraction of sp³-hybridized carbons (Fsp3) is 0.745. The Bertz CT molecular complexity index is 915. The summed E-state index contributed by atoms with van der Waals surface area (Å²) in [5, 5.41) is 9.57. The molecule has 0 amide bonds. The van der Waals surface area contributed by atoms with E-state index in [0.29, 0.717) is 12.8 Å². The van der Waals surface area contributed by atoms with Crippen LogP contribution in [0.5, 0.6) is 0 Å². The second-order valence-electron chi connectivity index (χ2n) is 14.4. The predicted molar refractivity (Wildman–Crippen MR) is 223 cm³/mol. The molecule has 0 aliphatic carbocycles. The SMILES string of the molecule is CC/C=C/C/C=C/C/C=C/CCCCCCCC(=O)OC[C@H](CO)OC(=O)CCC/C=C/CC/C=C/CCCCCCCCCCCCCCCC. The second-order valence-corrected chi connectivity index (χ2v) is 14.4. The van der Waals surface area contributed by atoms with E-state index in [1.165, 1.54) is 103 Å². The number of carbonyl (C=O) groups excluding carboxylic acids is 2. The third-order valence-corrected chi connectivity index (χ3v) is 9.27. The van der Waals surface area contributed by atoms with Crippen LogP contribution >= 0.6 is 0 Å². The van der Waals surface area contributed by atoms with Crippen molar-refractivity contribution in [2.75, 3.05) is 13.2 Å². The number of aliphatic hydroxyl groups excluding tert-OH is 1. The number of carbonyl (C=O) groups is 2. The fourth-order valence-corrected chi connectivity index (χ4v) is 6.00. The first-order chi connectivity index (χ1) is 25.6. The Kier molecular flexibility index (Phi) is 41.0. The minimum atomic E-state index is -0.801. The Hall–Kier alpha value is -2.40. The normalized spacial score (nSPS) is 12.8. The Morgan fingerprint density at radius 3 is 1.38 bits per heavy atom. The molecule has 52 heavy (non-hydrogen) atoms. The van der Waals surface area contributed by atoms with Gasteiger partial charge in [0.15, 0.2) is 6.10 Å². The van der Waals surface area contributed by atoms with Gasteiger partial charge < -0.3 is 14.6 Å². The van der Waals surface area contributed by atoms with Gasteiger partial charge in [-0.2, -0.15) is 0 Å². The summed E-state index contributed by atoms with van der Waals surface area (Å²) in [6.07, 6.45) is 55.9. The summed E-state index contributed by atoms with van der Waals surface area (Å²) in [5.74, 6) is -0.661. The van der Waals surface area contributed by atoms with Crippen molar-refractivity contribution in [1.29, 1.82) is 0 Å². The molecule has 5 nitrogen and oxygen atoms in total. The number of unbranched alkanes of at least 4 members (excludes halogenated alkanes) is 21. The zero-order valence-corrected chi connectivity index (χ0v) is 34.1. The summed E-state index contributed by atoms with van der Waals surface area (Å²) in [7, 11) is 0. The number of hydrogen-bond donors (Lipinski definition) is 1. The van der Waals surface area contributed by atoms with Crippen molar-refractivity contribution in [3.05, 3.63) is 60.8 Å². The van der Waals surface area contributed by atoms with E-state index in [1.807, 2.05) is 0 Å². The van der Waals surface area contributed by atoms with Gasteiger partial charge in [-0.3, -0.25) is 9.59 Å². The van der Waals surface area contributed by atoms with Gasteiger partial charge in [-0.15, -0.1) is 0 Å². The van der Waals surface area contributed by atoms with Crippen LogP contribution in [0.15, 0.2) is 60.8 Å². The number of esters is 2. The van der Waals surface area contributed by atoms with Gasteiger partial charge in [0, 0.05) is 12.8 Å². The van der Waals surface area contributed by atoms with Gasteiger partial charge in [0.2, 0.25) is 0 Å². The molecule has 0 unspecified atom stereocenters. The third-order valence-electron chi connectivity index (χ3n) is 9.27. The van der Waals surface area contributed by atoms with Crippen molar-refractivity contribution in [3.8, 4) is 0 Å². The molecule has 0 fully saturated rings. The van der Waals surface area contributed by atoms with Gasteiger partial charge in [-0.1, -0.05) is 177 Å². The number of hydrogen-bond acceptors (Lipinski definition) is 5. The molecule has 0 aromatic carbocycles. The highest BCUT2D eigenvalue weighted by Crippen LogP contribution is 2.14. The Balaban J connectivity index is 3.60. The third kappa shape index (κ3) is 40.4. The van der Waals surface area contributed by atoms with Crippen molar-refractivity contribution in [1.82, 2.24) is 0 Å². The first kappa shape index (κ1) is 49.6. The zero-order chi connectivity index (χ0) is 37.8. The topological polar surface area (TPSA) is 72.8 Å². The Morgan fingerprint density at radius 1 is 0.462 bits per heavy atom. The van der Waals surface area contributed by atoms with E-state index < -0.39 is 6.10 Å². The molecule has 0 spiro atoms. The summed E-state index contributed by atoms with van der Waals surface area (Å²) in [6.45, 7) is 3.99. The van der Waals surface area contributed by atoms with E-state index in [2.05, 4.69) is 74.6 Å². The first-order valence-corrected chi connectivity index (χ1v) is 21.8. The molecule has 0 aromatic rings. The molecular formula is C47H82O5. The molecule has 0 radical (unpaired) electrons. The molecule has 0 heterocycles. The van der Waals surface area contributed by atoms with E-state index in [0.717, 1.165) is 70.6 Å². The van der Waals surface area contributed by atoms with Gasteiger partial charge in [0.1, 0.15) is 6.61 Å². The number of allylic oxidation sites excluding steroid dienone is 10. The smallest absolute Gasteiger partial charge is 0.306 e. The van der Waals surface area contributed by atoms with Gasteiger partial charge in [-0.05, 0) is 77.0 Å². The summed E-state index contributed by atoms with van der Waals surface area (Å²) >= 11 is 0. The molecule has 0 aliphatic heterocycles. The maximum absolute atomic E-state index is 12.2. The highest BCUT2D eigenvalue weighted by molar-refractivity contribution is 5.70. The second kappa shape index (κ2) is 43.0. The van der Waals surface area contributed by atoms with Crippen LogP contribution < -0.4 is 0 Å². The van der Waals surface area contributed by atoms with Crippen molar-refractivity contribution >= 4 is 11.9 Å². The molecule has 0 bridgehead atoms. The van der Waals surface area contributed by atoms with Crippen LogP contribution in [0.4, 0.5) is 0 Å². The van der Waals surface area contributed by atoms with Crippen LogP contribution in [0.25, 0.3) is 0 Å². The lowest BCUT2D eigenvalue weighted by Gasteiger charge is -2.15. The summed E-state index contributed by atoms with van der Waals surface area (Å²) in [5.41, 5.74) is 0. The monoisotopic (exact) mass is 727 g/mol. The maximum atomic E-state index is 12.2. The largest absolute Gasteiger partial charge is 0.462 e. The Morgan fingerprint density at radius 2 is 0.865 bits per heavy atom. The van der Waals surface area contributed by atoms with E-state index in [9.17, 15) is 14.7 Å². The summed E-state index contributed by atoms with van der Waals surface area (Å²) < 4.78 is 10.6. The van der Waals surface area contributed by atoms with E-state index in [4.69, 9.17) is 9.47 Å². The fourth-order valence-electron chi connectivity index (χ4n) is 6.00. The number of rotatable bonds is 39. The molecule has 0 aromatic heterocycles. The quantitative estimate of drug-likeness (QED) is 0.0388. The molecule has 0 saturated heterocycles. The van der Waals surface area contributed by atoms with Crippen LogP contribution in [0.2, 0.25) is 0 Å². The van der Waals surface area contributed by atoms with Crippen molar-refractivity contribution in [2.45, 2.75) is 213 Å². The highest BCUT2D eigenvalue weighted by Gasteiger charge is 2.16. The minimum absolute atomic E-state index is 0.0924. The summed E-state index contributed by atoms with van der Waals surface area (Å²) in [6, 6.07) is 0. The van der Waals surface area contributed by atoms with Crippen LogP contribution in [0, 0.1) is 0 Å². The van der Waals surface area contributed by atoms with Crippen LogP contribution in [0.3, 0.4) is 0 Å². The van der Waals surface area contributed by atoms with Gasteiger partial charge in [0.25, 0.3) is 0 Å². The molecule has 300 valence electrons. The molecule has 5 heteroatoms. The molecule has 1 atom stereocenters. The lowest BCUT2D eigenvalue weighted by atomic mass is 10.0. The lowest BCUT2D eigenvalue weighted by Crippen LogP contribution is -2.28. The zero-order valence-electron chi connectivity index (χ0n) is 34.1. The van der Waals surface area contributed by atoms with Crippen LogP contribution in [-0.2, 0) is 19.1 Å². The van der Waals surface area contributed by atoms with Gasteiger partial charge >= 0.3 is 11.9 Å².